The van der Waals surface area contributed by atoms with Gasteiger partial charge < -0.3 is 10.1 Å². The Labute approximate surface area is 172 Å². The molecule has 1 N–H and O–H groups in total. The van der Waals surface area contributed by atoms with Crippen LogP contribution in [0.3, 0.4) is 0 Å². The molecule has 1 amide bonds. The molecule has 0 unspecified atom stereocenters. The van der Waals surface area contributed by atoms with Crippen molar-refractivity contribution >= 4 is 15.9 Å². The molecule has 7 nitrogen and oxygen atoms in total. The van der Waals surface area contributed by atoms with Crippen LogP contribution in [0, 0.1) is 11.7 Å². The van der Waals surface area contributed by atoms with Crippen LogP contribution in [0.5, 0.6) is 0 Å². The molecule has 29 heavy (non-hydrogen) atoms. The number of nitrogens with one attached hydrogen (secondary N) is 1. The summed E-state index contributed by atoms with van der Waals surface area (Å²) in [4.78, 5) is 14.6. The summed E-state index contributed by atoms with van der Waals surface area (Å²) in [7, 11) is -3.88. The van der Waals surface area contributed by atoms with Gasteiger partial charge in [0.15, 0.2) is 0 Å². The van der Waals surface area contributed by atoms with Crippen molar-refractivity contribution in [2.45, 2.75) is 37.1 Å². The fraction of sp³-hybridized carbons (Fsp3) is 0.650. The van der Waals surface area contributed by atoms with Crippen LogP contribution >= 0.6 is 0 Å². The number of piperidine rings is 1. The largest absolute Gasteiger partial charge is 0.379 e. The van der Waals surface area contributed by atoms with Gasteiger partial charge in [-0.3, -0.25) is 9.69 Å². The predicted molar refractivity (Wildman–Crippen MR) is 107 cm³/mol. The van der Waals surface area contributed by atoms with Crippen LogP contribution in [-0.4, -0.2) is 75.0 Å². The first-order chi connectivity index (χ1) is 13.7. The molecule has 2 fully saturated rings. The van der Waals surface area contributed by atoms with Crippen molar-refractivity contribution in [2.75, 3.05) is 45.9 Å². The van der Waals surface area contributed by atoms with Crippen molar-refractivity contribution in [3.63, 3.8) is 0 Å². The Hall–Kier alpha value is -1.55. The van der Waals surface area contributed by atoms with Crippen LogP contribution in [0.4, 0.5) is 4.39 Å². The number of amides is 1. The summed E-state index contributed by atoms with van der Waals surface area (Å²) in [5, 5.41) is 3.03. The van der Waals surface area contributed by atoms with Crippen LogP contribution < -0.4 is 5.32 Å². The molecule has 2 aliphatic heterocycles. The van der Waals surface area contributed by atoms with E-state index in [1.165, 1.54) is 22.5 Å². The van der Waals surface area contributed by atoms with Gasteiger partial charge in [-0.15, -0.1) is 0 Å². The molecule has 0 saturated carbocycles. The maximum atomic E-state index is 13.9. The molecule has 2 heterocycles. The number of hydrogen-bond acceptors (Lipinski definition) is 5. The molecule has 0 aliphatic carbocycles. The maximum Gasteiger partial charge on any atom is 0.245 e. The Balaban J connectivity index is 1.52. The number of carbonyl (C=O) groups excluding carboxylic acids is 1. The summed E-state index contributed by atoms with van der Waals surface area (Å²) in [6.07, 6.45) is 0.856. The summed E-state index contributed by atoms with van der Waals surface area (Å²) in [6.45, 7) is 8.23. The summed E-state index contributed by atoms with van der Waals surface area (Å²) < 4.78 is 46.0. The van der Waals surface area contributed by atoms with Crippen molar-refractivity contribution < 1.29 is 22.3 Å². The van der Waals surface area contributed by atoms with E-state index >= 15 is 0 Å². The SMILES string of the molecule is CC(C)(CNC(=O)C1CCN(S(=O)(=O)c2ccccc2F)CC1)N1CCOCC1. The number of morpholine rings is 1. The first kappa shape index (κ1) is 22.1. The minimum atomic E-state index is -3.88. The van der Waals surface area contributed by atoms with Gasteiger partial charge in [0.25, 0.3) is 0 Å². The Morgan fingerprint density at radius 2 is 1.79 bits per heavy atom. The number of ether oxygens (including phenoxy) is 1. The first-order valence-electron chi connectivity index (χ1n) is 10.1. The van der Waals surface area contributed by atoms with Crippen molar-refractivity contribution in [1.29, 1.82) is 0 Å². The van der Waals surface area contributed by atoms with Crippen LogP contribution in [0.2, 0.25) is 0 Å². The lowest BCUT2D eigenvalue weighted by molar-refractivity contribution is -0.126. The second kappa shape index (κ2) is 9.07. The second-order valence-corrected chi connectivity index (χ2v) is 10.1. The lowest BCUT2D eigenvalue weighted by Crippen LogP contribution is -2.56. The normalized spacial score (nSPS) is 20.5. The van der Waals surface area contributed by atoms with E-state index in [2.05, 4.69) is 24.1 Å². The quantitative estimate of drug-likeness (QED) is 0.744. The highest BCUT2D eigenvalue weighted by molar-refractivity contribution is 7.89. The van der Waals surface area contributed by atoms with E-state index in [4.69, 9.17) is 4.74 Å². The van der Waals surface area contributed by atoms with Gasteiger partial charge in [-0.05, 0) is 38.8 Å². The zero-order chi connectivity index (χ0) is 21.1. The highest BCUT2D eigenvalue weighted by Crippen LogP contribution is 2.25. The van der Waals surface area contributed by atoms with Crippen molar-refractivity contribution in [2.24, 2.45) is 5.92 Å². The molecule has 9 heteroatoms. The molecular formula is C20H30FN3O4S. The molecule has 0 aromatic heterocycles. The molecule has 0 radical (unpaired) electrons. The summed E-state index contributed by atoms with van der Waals surface area (Å²) in [6, 6.07) is 5.39. The Bertz CT molecular complexity index is 817. The maximum absolute atomic E-state index is 13.9. The highest BCUT2D eigenvalue weighted by atomic mass is 32.2. The average Bonchev–Trinajstić information content (AvgIpc) is 2.73. The van der Waals surface area contributed by atoms with Gasteiger partial charge in [-0.2, -0.15) is 4.31 Å². The molecular weight excluding hydrogens is 397 g/mol. The fourth-order valence-corrected chi connectivity index (χ4v) is 5.41. The molecule has 1 aromatic carbocycles. The van der Waals surface area contributed by atoms with E-state index in [9.17, 15) is 17.6 Å². The third-order valence-corrected chi connectivity index (χ3v) is 7.77. The number of rotatable bonds is 6. The Kier molecular flexibility index (Phi) is 6.93. The molecule has 0 bridgehead atoms. The zero-order valence-electron chi connectivity index (χ0n) is 17.1. The van der Waals surface area contributed by atoms with Gasteiger partial charge in [0.1, 0.15) is 10.7 Å². The molecule has 0 spiro atoms. The number of carbonyl (C=O) groups is 1. The smallest absolute Gasteiger partial charge is 0.245 e. The minimum absolute atomic E-state index is 0.0470. The lowest BCUT2D eigenvalue weighted by atomic mass is 9.96. The molecule has 3 rings (SSSR count). The number of benzene rings is 1. The third kappa shape index (κ3) is 5.14. The highest BCUT2D eigenvalue weighted by Gasteiger charge is 2.34. The Morgan fingerprint density at radius 1 is 1.17 bits per heavy atom. The Morgan fingerprint density at radius 3 is 2.41 bits per heavy atom. The van der Waals surface area contributed by atoms with Crippen molar-refractivity contribution in [3.05, 3.63) is 30.1 Å². The molecule has 1 aromatic rings. The van der Waals surface area contributed by atoms with E-state index in [0.29, 0.717) is 32.6 Å². The van der Waals surface area contributed by atoms with E-state index in [1.807, 2.05) is 0 Å². The molecule has 2 saturated heterocycles. The standard InChI is InChI=1S/C20H30FN3O4S/c1-20(2,23-11-13-28-14-12-23)15-22-19(25)16-7-9-24(10-8-16)29(26,27)18-6-4-3-5-17(18)21/h3-6,16H,7-15H2,1-2H3,(H,22,25). The fourth-order valence-electron chi connectivity index (χ4n) is 3.88. The summed E-state index contributed by atoms with van der Waals surface area (Å²) in [5.74, 6) is -1.03. The minimum Gasteiger partial charge on any atom is -0.379 e. The van der Waals surface area contributed by atoms with E-state index in [1.54, 1.807) is 0 Å². The van der Waals surface area contributed by atoms with Crippen molar-refractivity contribution in [3.8, 4) is 0 Å². The number of sulfonamides is 1. The number of hydrogen-bond donors (Lipinski definition) is 1. The summed E-state index contributed by atoms with van der Waals surface area (Å²) >= 11 is 0. The summed E-state index contributed by atoms with van der Waals surface area (Å²) in [5.41, 5.74) is -0.172. The average molecular weight is 428 g/mol. The van der Waals surface area contributed by atoms with Crippen LogP contribution in [0.15, 0.2) is 29.2 Å². The lowest BCUT2D eigenvalue weighted by Gasteiger charge is -2.41. The zero-order valence-corrected chi connectivity index (χ0v) is 17.9. The van der Waals surface area contributed by atoms with Gasteiger partial charge in [0.05, 0.1) is 13.2 Å². The van der Waals surface area contributed by atoms with Gasteiger partial charge in [-0.25, -0.2) is 12.8 Å². The van der Waals surface area contributed by atoms with E-state index in [0.717, 1.165) is 19.2 Å². The molecule has 162 valence electrons. The second-order valence-electron chi connectivity index (χ2n) is 8.24. The molecule has 2 aliphatic rings. The van der Waals surface area contributed by atoms with E-state index in [-0.39, 0.29) is 35.3 Å². The van der Waals surface area contributed by atoms with E-state index < -0.39 is 15.8 Å². The van der Waals surface area contributed by atoms with Gasteiger partial charge in [0, 0.05) is 44.2 Å². The van der Waals surface area contributed by atoms with Crippen molar-refractivity contribution in [1.82, 2.24) is 14.5 Å². The number of nitrogens with zero attached hydrogens (tertiary/aromatic N) is 2. The first-order valence-corrected chi connectivity index (χ1v) is 11.5. The topological polar surface area (TPSA) is 79.0 Å². The van der Waals surface area contributed by atoms with Crippen LogP contribution in [0.25, 0.3) is 0 Å². The van der Waals surface area contributed by atoms with Crippen LogP contribution in [0.1, 0.15) is 26.7 Å². The van der Waals surface area contributed by atoms with Gasteiger partial charge >= 0.3 is 0 Å². The van der Waals surface area contributed by atoms with Gasteiger partial charge in [0.2, 0.25) is 15.9 Å². The van der Waals surface area contributed by atoms with Crippen LogP contribution in [-0.2, 0) is 19.6 Å². The number of halogens is 1. The third-order valence-electron chi connectivity index (χ3n) is 5.84. The predicted octanol–water partition coefficient (Wildman–Crippen LogP) is 1.45. The monoisotopic (exact) mass is 427 g/mol. The molecule has 0 atom stereocenters. The van der Waals surface area contributed by atoms with Gasteiger partial charge in [-0.1, -0.05) is 12.1 Å².